The highest BCUT2D eigenvalue weighted by Crippen LogP contribution is 2.38. The van der Waals surface area contributed by atoms with Crippen LogP contribution in [0.2, 0.25) is 0 Å². The highest BCUT2D eigenvalue weighted by atomic mass is 32.2. The number of rotatable bonds is 7. The van der Waals surface area contributed by atoms with Crippen LogP contribution in [0.25, 0.3) is 10.4 Å². The van der Waals surface area contributed by atoms with Crippen molar-refractivity contribution in [3.8, 4) is 10.4 Å². The summed E-state index contributed by atoms with van der Waals surface area (Å²) in [5.41, 5.74) is -2.87. The smallest absolute Gasteiger partial charge is 0.300 e. The molecule has 0 aliphatic carbocycles. The number of aromatic nitrogens is 1. The van der Waals surface area contributed by atoms with Gasteiger partial charge in [0.15, 0.2) is 14.9 Å². The summed E-state index contributed by atoms with van der Waals surface area (Å²) in [4.78, 5) is 8.53. The van der Waals surface area contributed by atoms with Crippen LogP contribution in [0.3, 0.4) is 0 Å². The van der Waals surface area contributed by atoms with Crippen molar-refractivity contribution in [2.75, 3.05) is 5.75 Å². The van der Waals surface area contributed by atoms with Crippen LogP contribution in [0.5, 0.6) is 0 Å². The van der Waals surface area contributed by atoms with E-state index in [4.69, 9.17) is 5.41 Å². The molecule has 0 amide bonds. The molecule has 0 aliphatic heterocycles. The van der Waals surface area contributed by atoms with Gasteiger partial charge in [-0.05, 0) is 42.8 Å². The summed E-state index contributed by atoms with van der Waals surface area (Å²) >= 11 is 0.942. The van der Waals surface area contributed by atoms with Crippen molar-refractivity contribution < 1.29 is 34.8 Å². The Morgan fingerprint density at radius 2 is 1.75 bits per heavy atom. The Hall–Kier alpha value is -3.06. The molecule has 0 saturated carbocycles. The van der Waals surface area contributed by atoms with Crippen molar-refractivity contribution in [2.24, 2.45) is 4.99 Å². The number of hydrogen-bond acceptors (Lipinski definition) is 6. The number of halogens is 6. The number of aryl methyl sites for hydroxylation is 1. The first kappa shape index (κ1) is 27.5. The predicted octanol–water partition coefficient (Wildman–Crippen LogP) is 7.02. The SMILES string of the molecule is CCS(=O)(=O)c1ncc(-c2ccc(C(CC(=N)C(F)(F)F)=Nc3ccccc3C(F)(F)F)s2)cc1C. The van der Waals surface area contributed by atoms with Crippen molar-refractivity contribution in [3.05, 3.63) is 64.7 Å². The lowest BCUT2D eigenvalue weighted by atomic mass is 10.1. The van der Waals surface area contributed by atoms with Gasteiger partial charge >= 0.3 is 12.4 Å². The van der Waals surface area contributed by atoms with E-state index in [1.54, 1.807) is 13.0 Å². The fourth-order valence-corrected chi connectivity index (χ4v) is 5.22. The third kappa shape index (κ3) is 6.19. The molecule has 0 radical (unpaired) electrons. The van der Waals surface area contributed by atoms with E-state index in [9.17, 15) is 34.8 Å². The minimum absolute atomic E-state index is 0.0878. The highest BCUT2D eigenvalue weighted by Gasteiger charge is 2.36. The molecule has 0 fully saturated rings. The lowest BCUT2D eigenvalue weighted by molar-refractivity contribution is -0.137. The molecule has 36 heavy (non-hydrogen) atoms. The number of hydrogen-bond donors (Lipinski definition) is 1. The first-order valence-electron chi connectivity index (χ1n) is 10.3. The molecule has 5 nitrogen and oxygen atoms in total. The molecular weight excluding hydrogens is 528 g/mol. The zero-order chi connectivity index (χ0) is 26.9. The topological polar surface area (TPSA) is 83.2 Å². The van der Waals surface area contributed by atoms with Crippen LogP contribution in [-0.2, 0) is 16.0 Å². The summed E-state index contributed by atoms with van der Waals surface area (Å²) in [5.74, 6) is -0.145. The van der Waals surface area contributed by atoms with Crippen LogP contribution >= 0.6 is 11.3 Å². The van der Waals surface area contributed by atoms with Crippen molar-refractivity contribution in [3.63, 3.8) is 0 Å². The van der Waals surface area contributed by atoms with Gasteiger partial charge in [0.05, 0.1) is 22.7 Å². The van der Waals surface area contributed by atoms with Crippen molar-refractivity contribution in [2.45, 2.75) is 37.6 Å². The summed E-state index contributed by atoms with van der Waals surface area (Å²) in [6.45, 7) is 3.03. The first-order chi connectivity index (χ1) is 16.6. The number of alkyl halides is 6. The largest absolute Gasteiger partial charge is 0.429 e. The maximum absolute atomic E-state index is 13.4. The van der Waals surface area contributed by atoms with Crippen molar-refractivity contribution in [1.82, 2.24) is 4.98 Å². The van der Waals surface area contributed by atoms with Crippen LogP contribution in [0, 0.1) is 12.3 Å². The quantitative estimate of drug-likeness (QED) is 0.255. The summed E-state index contributed by atoms with van der Waals surface area (Å²) < 4.78 is 104. The third-order valence-corrected chi connectivity index (χ3v) is 7.99. The van der Waals surface area contributed by atoms with Gasteiger partial charge in [0.1, 0.15) is 5.71 Å². The van der Waals surface area contributed by atoms with Gasteiger partial charge in [-0.2, -0.15) is 26.3 Å². The zero-order valence-electron chi connectivity index (χ0n) is 18.8. The second-order valence-corrected chi connectivity index (χ2v) is 10.9. The van der Waals surface area contributed by atoms with E-state index in [-0.39, 0.29) is 21.4 Å². The monoisotopic (exact) mass is 547 g/mol. The van der Waals surface area contributed by atoms with Gasteiger partial charge in [-0.3, -0.25) is 4.99 Å². The molecule has 1 N–H and O–H groups in total. The molecule has 13 heteroatoms. The molecule has 3 aromatic rings. The number of sulfone groups is 1. The van der Waals surface area contributed by atoms with E-state index in [1.807, 2.05) is 0 Å². The summed E-state index contributed by atoms with van der Waals surface area (Å²) in [5, 5.41) is 7.28. The number of thiophene rings is 1. The molecule has 0 saturated heterocycles. The zero-order valence-corrected chi connectivity index (χ0v) is 20.5. The molecule has 192 valence electrons. The molecule has 0 atom stereocenters. The minimum Gasteiger partial charge on any atom is -0.300 e. The Balaban J connectivity index is 2.09. The fraction of sp³-hybridized carbons (Fsp3) is 0.261. The van der Waals surface area contributed by atoms with Gasteiger partial charge < -0.3 is 5.41 Å². The molecule has 2 aromatic heterocycles. The maximum atomic E-state index is 13.4. The van der Waals surface area contributed by atoms with E-state index in [0.717, 1.165) is 29.5 Å². The maximum Gasteiger partial charge on any atom is 0.429 e. The van der Waals surface area contributed by atoms with Crippen molar-refractivity contribution >= 4 is 38.3 Å². The summed E-state index contributed by atoms with van der Waals surface area (Å²) in [6, 6.07) is 8.69. The Labute approximate surface area is 207 Å². The van der Waals surface area contributed by atoms with E-state index in [0.29, 0.717) is 16.0 Å². The van der Waals surface area contributed by atoms with Crippen LogP contribution in [-0.4, -0.2) is 36.8 Å². The van der Waals surface area contributed by atoms with Gasteiger partial charge in [-0.15, -0.1) is 11.3 Å². The number of para-hydroxylation sites is 1. The molecule has 2 heterocycles. The third-order valence-electron chi connectivity index (χ3n) is 5.03. The average Bonchev–Trinajstić information content (AvgIpc) is 3.27. The predicted molar refractivity (Wildman–Crippen MR) is 126 cm³/mol. The van der Waals surface area contributed by atoms with E-state index in [2.05, 4.69) is 9.98 Å². The average molecular weight is 548 g/mol. The van der Waals surface area contributed by atoms with Crippen LogP contribution < -0.4 is 0 Å². The Bertz CT molecular complexity index is 1420. The molecule has 0 aliphatic rings. The van der Waals surface area contributed by atoms with E-state index < -0.39 is 45.6 Å². The number of pyridine rings is 1. The van der Waals surface area contributed by atoms with Crippen molar-refractivity contribution in [1.29, 1.82) is 5.41 Å². The number of nitrogens with one attached hydrogen (secondary N) is 1. The number of benzene rings is 1. The van der Waals surface area contributed by atoms with Gasteiger partial charge in [-0.25, -0.2) is 13.4 Å². The van der Waals surface area contributed by atoms with Crippen LogP contribution in [0.15, 0.2) is 58.7 Å². The van der Waals surface area contributed by atoms with Gasteiger partial charge in [-0.1, -0.05) is 19.1 Å². The van der Waals surface area contributed by atoms with Gasteiger partial charge in [0, 0.05) is 27.9 Å². The Kier molecular flexibility index (Phi) is 7.75. The lowest BCUT2D eigenvalue weighted by Gasteiger charge is -2.13. The molecule has 0 unspecified atom stereocenters. The van der Waals surface area contributed by atoms with E-state index in [1.165, 1.54) is 31.3 Å². The first-order valence-corrected chi connectivity index (χ1v) is 12.8. The Morgan fingerprint density at radius 1 is 1.08 bits per heavy atom. The normalized spacial score (nSPS) is 13.2. The standard InChI is InChI=1S/C23H19F6N3O2S2/c1-3-36(33,34)21-13(2)10-14(12-31-21)18-8-9-19(35-18)17(11-20(30)23(27,28)29)32-16-7-5-4-6-15(16)22(24,25)26/h4-10,12,30H,3,11H2,1-2H3. The molecular formula is C23H19F6N3O2S2. The van der Waals surface area contributed by atoms with Crippen LogP contribution in [0.1, 0.15) is 29.3 Å². The van der Waals surface area contributed by atoms with Gasteiger partial charge in [0.2, 0.25) is 0 Å². The number of nitrogens with zero attached hydrogens (tertiary/aromatic N) is 2. The Morgan fingerprint density at radius 3 is 2.33 bits per heavy atom. The second-order valence-electron chi connectivity index (χ2n) is 7.64. The molecule has 0 spiro atoms. The second kappa shape index (κ2) is 10.1. The lowest BCUT2D eigenvalue weighted by Crippen LogP contribution is -2.24. The number of aliphatic imine (C=N–C) groups is 1. The molecule has 3 rings (SSSR count). The van der Waals surface area contributed by atoms with Gasteiger partial charge in [0.25, 0.3) is 0 Å². The highest BCUT2D eigenvalue weighted by molar-refractivity contribution is 7.91. The van der Waals surface area contributed by atoms with E-state index >= 15 is 0 Å². The van der Waals surface area contributed by atoms with Crippen LogP contribution in [0.4, 0.5) is 32.0 Å². The molecule has 1 aromatic carbocycles. The molecule has 0 bridgehead atoms. The summed E-state index contributed by atoms with van der Waals surface area (Å²) in [6.07, 6.45) is -9.50. The minimum atomic E-state index is -4.98. The fourth-order valence-electron chi connectivity index (χ4n) is 3.21. The summed E-state index contributed by atoms with van der Waals surface area (Å²) in [7, 11) is -3.56.